The molecule has 0 atom stereocenters. The Morgan fingerprint density at radius 3 is 2.79 bits per heavy atom. The van der Waals surface area contributed by atoms with E-state index in [2.05, 4.69) is 18.0 Å². The molecule has 3 nitrogen and oxygen atoms in total. The minimum atomic E-state index is 0.551. The molecule has 0 amide bonds. The fraction of sp³-hybridized carbons (Fsp3) is 0.250. The number of furan rings is 1. The van der Waals surface area contributed by atoms with Crippen LogP contribution in [0.5, 0.6) is 5.75 Å². The molecule has 1 N–H and O–H groups in total. The van der Waals surface area contributed by atoms with Gasteiger partial charge in [-0.25, -0.2) is 0 Å². The summed E-state index contributed by atoms with van der Waals surface area (Å²) in [6, 6.07) is 11.9. The van der Waals surface area contributed by atoms with Crippen LogP contribution in [-0.4, -0.2) is 6.61 Å². The van der Waals surface area contributed by atoms with Crippen LogP contribution >= 0.6 is 0 Å². The molecule has 1 aromatic heterocycles. The van der Waals surface area contributed by atoms with Crippen LogP contribution in [-0.2, 0) is 13.1 Å². The van der Waals surface area contributed by atoms with Crippen LogP contribution < -0.4 is 10.1 Å². The lowest BCUT2D eigenvalue weighted by molar-refractivity contribution is 0.347. The molecule has 100 valence electrons. The highest BCUT2D eigenvalue weighted by Gasteiger charge is 2.03. The molecule has 0 aliphatic carbocycles. The summed E-state index contributed by atoms with van der Waals surface area (Å²) in [4.78, 5) is 0. The fourth-order valence-electron chi connectivity index (χ4n) is 1.73. The zero-order chi connectivity index (χ0) is 13.5. The highest BCUT2D eigenvalue weighted by molar-refractivity contribution is 5.33. The van der Waals surface area contributed by atoms with Gasteiger partial charge in [0.15, 0.2) is 0 Å². The first-order chi connectivity index (χ1) is 9.25. The van der Waals surface area contributed by atoms with Gasteiger partial charge < -0.3 is 14.5 Å². The van der Waals surface area contributed by atoms with Crippen molar-refractivity contribution in [1.29, 1.82) is 0 Å². The first-order valence-electron chi connectivity index (χ1n) is 6.34. The zero-order valence-corrected chi connectivity index (χ0v) is 11.2. The summed E-state index contributed by atoms with van der Waals surface area (Å²) in [6.07, 6.45) is 1.68. The van der Waals surface area contributed by atoms with Gasteiger partial charge in [0.05, 0.1) is 12.8 Å². The molecule has 1 aromatic carbocycles. The van der Waals surface area contributed by atoms with Crippen molar-refractivity contribution in [2.24, 2.45) is 0 Å². The van der Waals surface area contributed by atoms with Crippen molar-refractivity contribution >= 4 is 0 Å². The fourth-order valence-corrected chi connectivity index (χ4v) is 1.73. The van der Waals surface area contributed by atoms with Crippen LogP contribution in [0.3, 0.4) is 0 Å². The van der Waals surface area contributed by atoms with Crippen molar-refractivity contribution < 1.29 is 9.15 Å². The van der Waals surface area contributed by atoms with Gasteiger partial charge >= 0.3 is 0 Å². The molecule has 3 heteroatoms. The van der Waals surface area contributed by atoms with Crippen LogP contribution in [0.15, 0.2) is 59.2 Å². The number of hydrogen-bond donors (Lipinski definition) is 1. The first kappa shape index (κ1) is 13.4. The summed E-state index contributed by atoms with van der Waals surface area (Å²) in [5.74, 6) is 1.83. The van der Waals surface area contributed by atoms with Crippen molar-refractivity contribution in [3.63, 3.8) is 0 Å². The Balaban J connectivity index is 1.89. The van der Waals surface area contributed by atoms with Gasteiger partial charge in [-0.05, 0) is 30.7 Å². The largest absolute Gasteiger partial charge is 0.489 e. The van der Waals surface area contributed by atoms with Crippen LogP contribution in [0.1, 0.15) is 18.2 Å². The molecular formula is C16H19NO2. The molecule has 0 saturated heterocycles. The molecule has 0 unspecified atom stereocenters. The monoisotopic (exact) mass is 257 g/mol. The summed E-state index contributed by atoms with van der Waals surface area (Å²) in [7, 11) is 0. The van der Waals surface area contributed by atoms with Crippen LogP contribution in [0.25, 0.3) is 0 Å². The third kappa shape index (κ3) is 4.30. The van der Waals surface area contributed by atoms with Gasteiger partial charge in [0.25, 0.3) is 0 Å². The number of hydrogen-bond acceptors (Lipinski definition) is 3. The molecule has 0 aliphatic heterocycles. The molecule has 0 saturated carbocycles. The summed E-state index contributed by atoms with van der Waals surface area (Å²) in [6.45, 7) is 7.80. The highest BCUT2D eigenvalue weighted by atomic mass is 16.5. The van der Waals surface area contributed by atoms with E-state index in [4.69, 9.17) is 9.15 Å². The first-order valence-corrected chi connectivity index (χ1v) is 6.34. The second-order valence-corrected chi connectivity index (χ2v) is 4.54. The quantitative estimate of drug-likeness (QED) is 0.771. The summed E-state index contributed by atoms with van der Waals surface area (Å²) in [5, 5.41) is 3.34. The lowest BCUT2D eigenvalue weighted by Gasteiger charge is -2.11. The molecule has 0 radical (unpaired) electrons. The van der Waals surface area contributed by atoms with E-state index >= 15 is 0 Å². The molecule has 2 rings (SSSR count). The standard InChI is InChI=1S/C16H19NO2/c1-13(2)12-19-16-8-4-3-6-14(16)10-17-11-15-7-5-9-18-15/h3-9,17H,1,10-12H2,2H3. The van der Waals surface area contributed by atoms with Gasteiger partial charge in [0, 0.05) is 12.1 Å². The van der Waals surface area contributed by atoms with Crippen LogP contribution in [0.4, 0.5) is 0 Å². The minimum absolute atomic E-state index is 0.551. The minimum Gasteiger partial charge on any atom is -0.489 e. The Bertz CT molecular complexity index is 517. The second-order valence-electron chi connectivity index (χ2n) is 4.54. The third-order valence-electron chi connectivity index (χ3n) is 2.64. The normalized spacial score (nSPS) is 10.4. The van der Waals surface area contributed by atoms with Crippen molar-refractivity contribution in [3.8, 4) is 5.75 Å². The SMILES string of the molecule is C=C(C)COc1ccccc1CNCc1ccco1. The van der Waals surface area contributed by atoms with Gasteiger partial charge in [-0.2, -0.15) is 0 Å². The van der Waals surface area contributed by atoms with E-state index in [1.54, 1.807) is 6.26 Å². The number of rotatable bonds is 7. The highest BCUT2D eigenvalue weighted by Crippen LogP contribution is 2.18. The van der Waals surface area contributed by atoms with Crippen molar-refractivity contribution in [2.45, 2.75) is 20.0 Å². The molecule has 0 spiro atoms. The molecule has 19 heavy (non-hydrogen) atoms. The zero-order valence-electron chi connectivity index (χ0n) is 11.2. The number of ether oxygens (including phenoxy) is 1. The lowest BCUT2D eigenvalue weighted by Crippen LogP contribution is -2.13. The van der Waals surface area contributed by atoms with Crippen molar-refractivity contribution in [3.05, 3.63) is 66.1 Å². The van der Waals surface area contributed by atoms with Gasteiger partial charge in [0.1, 0.15) is 18.1 Å². The number of benzene rings is 1. The number of para-hydroxylation sites is 1. The summed E-state index contributed by atoms with van der Waals surface area (Å²) in [5.41, 5.74) is 2.15. The Kier molecular flexibility index (Phi) is 4.81. The molecule has 1 heterocycles. The van der Waals surface area contributed by atoms with Gasteiger partial charge in [-0.1, -0.05) is 24.8 Å². The van der Waals surface area contributed by atoms with Crippen LogP contribution in [0.2, 0.25) is 0 Å². The van der Waals surface area contributed by atoms with E-state index in [1.807, 2.05) is 37.3 Å². The molecular weight excluding hydrogens is 238 g/mol. The van der Waals surface area contributed by atoms with Crippen LogP contribution in [0, 0.1) is 0 Å². The number of nitrogens with one attached hydrogen (secondary N) is 1. The summed E-state index contributed by atoms with van der Waals surface area (Å²) < 4.78 is 11.0. The van der Waals surface area contributed by atoms with E-state index in [1.165, 1.54) is 0 Å². The van der Waals surface area contributed by atoms with Crippen molar-refractivity contribution in [2.75, 3.05) is 6.61 Å². The van der Waals surface area contributed by atoms with E-state index in [-0.39, 0.29) is 0 Å². The smallest absolute Gasteiger partial charge is 0.124 e. The van der Waals surface area contributed by atoms with Gasteiger partial charge in [-0.15, -0.1) is 0 Å². The second kappa shape index (κ2) is 6.81. The average Bonchev–Trinajstić information content (AvgIpc) is 2.91. The Labute approximate surface area is 113 Å². The van der Waals surface area contributed by atoms with E-state index in [0.717, 1.165) is 29.2 Å². The maximum atomic E-state index is 5.72. The topological polar surface area (TPSA) is 34.4 Å². The van der Waals surface area contributed by atoms with Gasteiger partial charge in [0.2, 0.25) is 0 Å². The Morgan fingerprint density at radius 1 is 1.21 bits per heavy atom. The van der Waals surface area contributed by atoms with E-state index in [0.29, 0.717) is 13.2 Å². The average molecular weight is 257 g/mol. The maximum Gasteiger partial charge on any atom is 0.124 e. The van der Waals surface area contributed by atoms with Crippen molar-refractivity contribution in [1.82, 2.24) is 5.32 Å². The Morgan fingerprint density at radius 2 is 2.05 bits per heavy atom. The lowest BCUT2D eigenvalue weighted by atomic mass is 10.2. The summed E-state index contributed by atoms with van der Waals surface area (Å²) >= 11 is 0. The maximum absolute atomic E-state index is 5.72. The third-order valence-corrected chi connectivity index (χ3v) is 2.64. The Hall–Kier alpha value is -2.00. The molecule has 0 fully saturated rings. The molecule has 0 bridgehead atoms. The predicted molar refractivity (Wildman–Crippen MR) is 76.0 cm³/mol. The van der Waals surface area contributed by atoms with E-state index in [9.17, 15) is 0 Å². The molecule has 2 aromatic rings. The molecule has 0 aliphatic rings. The van der Waals surface area contributed by atoms with E-state index < -0.39 is 0 Å². The van der Waals surface area contributed by atoms with Gasteiger partial charge in [-0.3, -0.25) is 0 Å². The predicted octanol–water partition coefficient (Wildman–Crippen LogP) is 3.52.